The van der Waals surface area contributed by atoms with Crippen LogP contribution in [0.4, 0.5) is 13.2 Å². The molecule has 20 heavy (non-hydrogen) atoms. The first kappa shape index (κ1) is 17.2. The molecule has 1 aliphatic heterocycles. The summed E-state index contributed by atoms with van der Waals surface area (Å²) in [6.45, 7) is 2.70. The molecule has 0 aromatic heterocycles. The van der Waals surface area contributed by atoms with Crippen molar-refractivity contribution in [3.05, 3.63) is 0 Å². The van der Waals surface area contributed by atoms with Gasteiger partial charge in [0.25, 0.3) is 0 Å². The van der Waals surface area contributed by atoms with E-state index in [1.807, 2.05) is 0 Å². The lowest BCUT2D eigenvalue weighted by molar-refractivity contribution is -0.174. The van der Waals surface area contributed by atoms with Gasteiger partial charge in [-0.25, -0.2) is 0 Å². The molecule has 0 aliphatic carbocycles. The van der Waals surface area contributed by atoms with E-state index in [0.29, 0.717) is 32.6 Å². The van der Waals surface area contributed by atoms with Gasteiger partial charge in [-0.3, -0.25) is 9.69 Å². The molecule has 0 atom stereocenters. The van der Waals surface area contributed by atoms with E-state index in [-0.39, 0.29) is 12.5 Å². The highest BCUT2D eigenvalue weighted by atomic mass is 19.4. The van der Waals surface area contributed by atoms with Crippen LogP contribution in [-0.2, 0) is 9.53 Å². The van der Waals surface area contributed by atoms with Crippen molar-refractivity contribution in [3.8, 4) is 0 Å². The molecule has 1 aliphatic rings. The molecule has 1 fully saturated rings. The summed E-state index contributed by atoms with van der Waals surface area (Å²) >= 11 is 0. The maximum Gasteiger partial charge on any atom is 0.411 e. The third-order valence-corrected chi connectivity index (χ3v) is 2.97. The van der Waals surface area contributed by atoms with Crippen LogP contribution >= 0.6 is 0 Å². The van der Waals surface area contributed by atoms with E-state index in [1.54, 1.807) is 16.8 Å². The molecule has 5 nitrogen and oxygen atoms in total. The zero-order valence-electron chi connectivity index (χ0n) is 11.7. The summed E-state index contributed by atoms with van der Waals surface area (Å²) in [6, 6.07) is 0. The fraction of sp³-hybridized carbons (Fsp3) is 0.917. The summed E-state index contributed by atoms with van der Waals surface area (Å²) in [6.07, 6.45) is -3.80. The summed E-state index contributed by atoms with van der Waals surface area (Å²) in [4.78, 5) is 15.5. The van der Waals surface area contributed by atoms with Gasteiger partial charge in [0, 0.05) is 39.3 Å². The SMILES string of the molecule is CN(CCCOCC(F)(F)F)CC(=O)N1CCNCC1. The molecule has 0 unspecified atom stereocenters. The molecule has 0 aromatic rings. The molecule has 1 heterocycles. The summed E-state index contributed by atoms with van der Waals surface area (Å²) in [7, 11) is 1.78. The van der Waals surface area contributed by atoms with Gasteiger partial charge in [0.1, 0.15) is 6.61 Å². The third kappa shape index (κ3) is 7.66. The maximum atomic E-state index is 11.9. The van der Waals surface area contributed by atoms with Gasteiger partial charge in [0.05, 0.1) is 6.54 Å². The van der Waals surface area contributed by atoms with Gasteiger partial charge in [0.15, 0.2) is 0 Å². The lowest BCUT2D eigenvalue weighted by Crippen LogP contribution is -2.49. The Bertz CT molecular complexity index is 294. The highest BCUT2D eigenvalue weighted by Gasteiger charge is 2.27. The number of likely N-dealkylation sites (N-methyl/N-ethyl adjacent to an activating group) is 1. The minimum Gasteiger partial charge on any atom is -0.372 e. The number of piperazine rings is 1. The first-order valence-electron chi connectivity index (χ1n) is 6.70. The van der Waals surface area contributed by atoms with Gasteiger partial charge >= 0.3 is 6.18 Å². The quantitative estimate of drug-likeness (QED) is 0.687. The van der Waals surface area contributed by atoms with Crippen LogP contribution in [0.2, 0.25) is 0 Å². The first-order valence-corrected chi connectivity index (χ1v) is 6.70. The Morgan fingerprint density at radius 3 is 2.60 bits per heavy atom. The number of ether oxygens (including phenoxy) is 1. The molecule has 0 bridgehead atoms. The van der Waals surface area contributed by atoms with E-state index in [4.69, 9.17) is 0 Å². The second kappa shape index (κ2) is 8.43. The topological polar surface area (TPSA) is 44.8 Å². The van der Waals surface area contributed by atoms with Crippen molar-refractivity contribution >= 4 is 5.91 Å². The van der Waals surface area contributed by atoms with Crippen molar-refractivity contribution in [2.45, 2.75) is 12.6 Å². The zero-order valence-corrected chi connectivity index (χ0v) is 11.7. The molecular formula is C12H22F3N3O2. The summed E-state index contributed by atoms with van der Waals surface area (Å²) in [5.41, 5.74) is 0. The second-order valence-electron chi connectivity index (χ2n) is 4.89. The number of alkyl halides is 3. The molecule has 0 radical (unpaired) electrons. The van der Waals surface area contributed by atoms with Gasteiger partial charge in [0.2, 0.25) is 5.91 Å². The molecule has 8 heteroatoms. The molecule has 1 saturated heterocycles. The molecule has 0 saturated carbocycles. The van der Waals surface area contributed by atoms with Crippen LogP contribution in [0.25, 0.3) is 0 Å². The number of carbonyl (C=O) groups excluding carboxylic acids is 1. The standard InChI is InChI=1S/C12H22F3N3O2/c1-17(5-2-8-20-10-12(13,14)15)9-11(19)18-6-3-16-4-7-18/h16H,2-10H2,1H3. The van der Waals surface area contributed by atoms with Crippen LogP contribution in [0.1, 0.15) is 6.42 Å². The molecule has 0 aromatic carbocycles. The Morgan fingerprint density at radius 1 is 1.35 bits per heavy atom. The number of nitrogens with zero attached hydrogens (tertiary/aromatic N) is 2. The van der Waals surface area contributed by atoms with Crippen molar-refractivity contribution < 1.29 is 22.7 Å². The van der Waals surface area contributed by atoms with Crippen LogP contribution < -0.4 is 5.32 Å². The van der Waals surface area contributed by atoms with Crippen molar-refractivity contribution in [1.29, 1.82) is 0 Å². The Morgan fingerprint density at radius 2 is 2.00 bits per heavy atom. The summed E-state index contributed by atoms with van der Waals surface area (Å²) in [5, 5.41) is 3.17. The number of hydrogen-bond donors (Lipinski definition) is 1. The van der Waals surface area contributed by atoms with Gasteiger partial charge in [-0.05, 0) is 13.5 Å². The Labute approximate surface area is 117 Å². The fourth-order valence-corrected chi connectivity index (χ4v) is 1.95. The maximum absolute atomic E-state index is 11.9. The van der Waals surface area contributed by atoms with Crippen LogP contribution in [0.5, 0.6) is 0 Å². The molecule has 1 amide bonds. The van der Waals surface area contributed by atoms with Crippen molar-refractivity contribution in [2.24, 2.45) is 0 Å². The number of hydrogen-bond acceptors (Lipinski definition) is 4. The monoisotopic (exact) mass is 297 g/mol. The van der Waals surface area contributed by atoms with Crippen molar-refractivity contribution in [1.82, 2.24) is 15.1 Å². The van der Waals surface area contributed by atoms with E-state index in [1.165, 1.54) is 0 Å². The number of amides is 1. The smallest absolute Gasteiger partial charge is 0.372 e. The van der Waals surface area contributed by atoms with Gasteiger partial charge < -0.3 is 15.0 Å². The normalized spacial score (nSPS) is 16.8. The predicted molar refractivity (Wildman–Crippen MR) is 68.4 cm³/mol. The average Bonchev–Trinajstić information content (AvgIpc) is 2.38. The summed E-state index contributed by atoms with van der Waals surface area (Å²) < 4.78 is 40.0. The lowest BCUT2D eigenvalue weighted by Gasteiger charge is -2.29. The van der Waals surface area contributed by atoms with Crippen molar-refractivity contribution in [3.63, 3.8) is 0 Å². The number of carbonyl (C=O) groups is 1. The minimum atomic E-state index is -4.27. The first-order chi connectivity index (χ1) is 9.38. The Balaban J connectivity index is 2.07. The van der Waals surface area contributed by atoms with Crippen molar-refractivity contribution in [2.75, 3.05) is 59.5 Å². The predicted octanol–water partition coefficient (Wildman–Crippen LogP) is 0.319. The number of nitrogens with one attached hydrogen (secondary N) is 1. The molecule has 118 valence electrons. The molecular weight excluding hydrogens is 275 g/mol. The fourth-order valence-electron chi connectivity index (χ4n) is 1.95. The second-order valence-corrected chi connectivity index (χ2v) is 4.89. The average molecular weight is 297 g/mol. The van der Waals surface area contributed by atoms with Gasteiger partial charge in [-0.2, -0.15) is 13.2 Å². The van der Waals surface area contributed by atoms with Crippen LogP contribution in [0.3, 0.4) is 0 Å². The summed E-state index contributed by atoms with van der Waals surface area (Å²) in [5.74, 6) is 0.0604. The highest BCUT2D eigenvalue weighted by Crippen LogP contribution is 2.14. The van der Waals surface area contributed by atoms with Gasteiger partial charge in [-0.15, -0.1) is 0 Å². The van der Waals surface area contributed by atoms with E-state index < -0.39 is 12.8 Å². The zero-order chi connectivity index (χ0) is 15.0. The third-order valence-electron chi connectivity index (χ3n) is 2.97. The lowest BCUT2D eigenvalue weighted by atomic mass is 10.3. The van der Waals surface area contributed by atoms with E-state index in [0.717, 1.165) is 13.1 Å². The molecule has 0 spiro atoms. The highest BCUT2D eigenvalue weighted by molar-refractivity contribution is 5.78. The van der Waals surface area contributed by atoms with E-state index in [2.05, 4.69) is 10.1 Å². The Hall–Kier alpha value is -0.860. The Kier molecular flexibility index (Phi) is 7.25. The minimum absolute atomic E-state index is 0.0473. The molecule has 1 N–H and O–H groups in total. The van der Waals surface area contributed by atoms with E-state index in [9.17, 15) is 18.0 Å². The van der Waals surface area contributed by atoms with Crippen LogP contribution in [0, 0.1) is 0 Å². The molecule has 1 rings (SSSR count). The number of halogens is 3. The van der Waals surface area contributed by atoms with Crippen LogP contribution in [0.15, 0.2) is 0 Å². The van der Waals surface area contributed by atoms with Crippen LogP contribution in [-0.4, -0.2) is 81.4 Å². The largest absolute Gasteiger partial charge is 0.411 e. The van der Waals surface area contributed by atoms with Gasteiger partial charge in [-0.1, -0.05) is 0 Å². The number of rotatable bonds is 7. The van der Waals surface area contributed by atoms with E-state index >= 15 is 0 Å².